The molecule has 0 N–H and O–H groups in total. The molecule has 0 saturated carbocycles. The molecule has 0 amide bonds. The number of benzene rings is 5. The molecule has 27 heavy (non-hydrogen) atoms. The van der Waals surface area contributed by atoms with Gasteiger partial charge in [0.15, 0.2) is 0 Å². The topological polar surface area (TPSA) is 9.23 Å². The van der Waals surface area contributed by atoms with Crippen LogP contribution in [0.3, 0.4) is 0 Å². The fraction of sp³-hybridized carbons (Fsp3) is 0.0400. The molecule has 0 saturated heterocycles. The average Bonchev–Trinajstić information content (AvgIpc) is 2.74. The second-order valence-electron chi connectivity index (χ2n) is 6.64. The quantitative estimate of drug-likeness (QED) is 0.271. The molecule has 0 aliphatic heterocycles. The number of fused-ring (bicyclic) bond motifs is 3. The van der Waals surface area contributed by atoms with E-state index in [0.717, 1.165) is 15.8 Å². The molecule has 0 fully saturated rings. The first kappa shape index (κ1) is 16.3. The molecule has 0 unspecified atom stereocenters. The van der Waals surface area contributed by atoms with E-state index in [2.05, 4.69) is 101 Å². The fourth-order valence-corrected chi connectivity index (χ4v) is 4.72. The zero-order chi connectivity index (χ0) is 18.4. The first-order valence-electron chi connectivity index (χ1n) is 8.94. The van der Waals surface area contributed by atoms with Crippen LogP contribution in [0, 0.1) is 0 Å². The van der Waals surface area contributed by atoms with E-state index in [1.807, 2.05) is 0 Å². The van der Waals surface area contributed by atoms with Crippen LogP contribution in [0.4, 0.5) is 0 Å². The van der Waals surface area contributed by atoms with Gasteiger partial charge >= 0.3 is 0 Å². The van der Waals surface area contributed by atoms with Crippen molar-refractivity contribution in [3.8, 4) is 16.9 Å². The molecule has 5 aromatic rings. The fourth-order valence-electron chi connectivity index (χ4n) is 4.02. The standard InChI is InChI=1S/C25H17BrO/c1-27-22-15-14-16-8-2-3-9-17(16)24(22)23-18-10-4-6-12-20(18)25(26)21-13-7-5-11-19(21)23/h2-15H,1H3. The minimum atomic E-state index is 0.895. The minimum absolute atomic E-state index is 0.895. The summed E-state index contributed by atoms with van der Waals surface area (Å²) < 4.78 is 6.96. The zero-order valence-corrected chi connectivity index (χ0v) is 16.5. The Balaban J connectivity index is 2.09. The smallest absolute Gasteiger partial charge is 0.127 e. The second-order valence-corrected chi connectivity index (χ2v) is 7.44. The van der Waals surface area contributed by atoms with E-state index in [1.54, 1.807) is 7.11 Å². The van der Waals surface area contributed by atoms with Gasteiger partial charge in [0.25, 0.3) is 0 Å². The highest BCUT2D eigenvalue weighted by molar-refractivity contribution is 9.10. The summed E-state index contributed by atoms with van der Waals surface area (Å²) in [6.07, 6.45) is 0. The summed E-state index contributed by atoms with van der Waals surface area (Å²) in [5.74, 6) is 0.895. The van der Waals surface area contributed by atoms with E-state index in [4.69, 9.17) is 4.74 Å². The molecule has 130 valence electrons. The summed E-state index contributed by atoms with van der Waals surface area (Å²) >= 11 is 3.84. The van der Waals surface area contributed by atoms with Crippen molar-refractivity contribution in [3.05, 3.63) is 89.4 Å². The Morgan fingerprint density at radius 1 is 0.556 bits per heavy atom. The molecule has 0 radical (unpaired) electrons. The Bertz CT molecular complexity index is 1260. The molecule has 0 atom stereocenters. The van der Waals surface area contributed by atoms with Crippen LogP contribution in [0.1, 0.15) is 0 Å². The monoisotopic (exact) mass is 412 g/mol. The van der Waals surface area contributed by atoms with E-state index in [1.165, 1.54) is 37.9 Å². The number of ether oxygens (including phenoxy) is 1. The predicted octanol–water partition coefficient (Wildman–Crippen LogP) is 7.58. The van der Waals surface area contributed by atoms with Crippen molar-refractivity contribution < 1.29 is 4.74 Å². The van der Waals surface area contributed by atoms with Crippen LogP contribution in [0.15, 0.2) is 89.4 Å². The summed E-state index contributed by atoms with van der Waals surface area (Å²) in [4.78, 5) is 0. The van der Waals surface area contributed by atoms with Crippen molar-refractivity contribution >= 4 is 48.2 Å². The molecule has 0 aromatic heterocycles. The molecule has 0 aliphatic carbocycles. The first-order chi connectivity index (χ1) is 13.3. The van der Waals surface area contributed by atoms with Gasteiger partial charge in [-0.05, 0) is 54.3 Å². The van der Waals surface area contributed by atoms with E-state index in [-0.39, 0.29) is 0 Å². The Kier molecular flexibility index (Phi) is 3.87. The van der Waals surface area contributed by atoms with Gasteiger partial charge in [-0.15, -0.1) is 0 Å². The summed E-state index contributed by atoms with van der Waals surface area (Å²) in [5, 5.41) is 7.27. The van der Waals surface area contributed by atoms with Gasteiger partial charge in [-0.2, -0.15) is 0 Å². The van der Waals surface area contributed by atoms with Gasteiger partial charge in [0.05, 0.1) is 7.11 Å². The van der Waals surface area contributed by atoms with E-state index < -0.39 is 0 Å². The molecule has 5 aromatic carbocycles. The highest BCUT2D eigenvalue weighted by Gasteiger charge is 2.18. The molecular weight excluding hydrogens is 396 g/mol. The lowest BCUT2D eigenvalue weighted by molar-refractivity contribution is 0.417. The van der Waals surface area contributed by atoms with Gasteiger partial charge < -0.3 is 4.74 Å². The largest absolute Gasteiger partial charge is 0.496 e. The molecule has 0 heterocycles. The van der Waals surface area contributed by atoms with Gasteiger partial charge in [-0.25, -0.2) is 0 Å². The first-order valence-corrected chi connectivity index (χ1v) is 9.74. The lowest BCUT2D eigenvalue weighted by Gasteiger charge is -2.18. The summed E-state index contributed by atoms with van der Waals surface area (Å²) in [5.41, 5.74) is 2.37. The maximum Gasteiger partial charge on any atom is 0.127 e. The van der Waals surface area contributed by atoms with Crippen molar-refractivity contribution in [2.45, 2.75) is 0 Å². The van der Waals surface area contributed by atoms with Gasteiger partial charge in [0.2, 0.25) is 0 Å². The normalized spacial score (nSPS) is 11.3. The van der Waals surface area contributed by atoms with Crippen LogP contribution in [-0.4, -0.2) is 7.11 Å². The molecule has 2 heteroatoms. The van der Waals surface area contributed by atoms with Crippen LogP contribution in [0.2, 0.25) is 0 Å². The van der Waals surface area contributed by atoms with Gasteiger partial charge in [0, 0.05) is 15.6 Å². The Morgan fingerprint density at radius 2 is 1.07 bits per heavy atom. The Hall–Kier alpha value is -2.84. The Labute approximate surface area is 166 Å². The second kappa shape index (κ2) is 6.40. The molecule has 5 rings (SSSR count). The third-order valence-corrected chi connectivity index (χ3v) is 6.08. The van der Waals surface area contributed by atoms with Crippen LogP contribution in [0.25, 0.3) is 43.4 Å². The molecular formula is C25H17BrO. The summed E-state index contributed by atoms with van der Waals surface area (Å²) in [6, 6.07) is 29.8. The highest BCUT2D eigenvalue weighted by Crippen LogP contribution is 2.46. The van der Waals surface area contributed by atoms with E-state index in [9.17, 15) is 0 Å². The lowest BCUT2D eigenvalue weighted by atomic mass is 9.89. The highest BCUT2D eigenvalue weighted by atomic mass is 79.9. The third-order valence-electron chi connectivity index (χ3n) is 5.23. The van der Waals surface area contributed by atoms with Crippen LogP contribution in [0.5, 0.6) is 5.75 Å². The number of hydrogen-bond acceptors (Lipinski definition) is 1. The van der Waals surface area contributed by atoms with Crippen LogP contribution in [-0.2, 0) is 0 Å². The number of hydrogen-bond donors (Lipinski definition) is 0. The average molecular weight is 413 g/mol. The molecule has 0 bridgehead atoms. The van der Waals surface area contributed by atoms with E-state index >= 15 is 0 Å². The molecule has 0 aliphatic rings. The van der Waals surface area contributed by atoms with Crippen molar-refractivity contribution in [2.75, 3.05) is 7.11 Å². The summed E-state index contributed by atoms with van der Waals surface area (Å²) in [6.45, 7) is 0. The van der Waals surface area contributed by atoms with Gasteiger partial charge in [-0.3, -0.25) is 0 Å². The predicted molar refractivity (Wildman–Crippen MR) is 119 cm³/mol. The maximum atomic E-state index is 5.82. The lowest BCUT2D eigenvalue weighted by Crippen LogP contribution is -1.93. The zero-order valence-electron chi connectivity index (χ0n) is 14.9. The van der Waals surface area contributed by atoms with Crippen LogP contribution < -0.4 is 4.74 Å². The molecule has 0 spiro atoms. The number of methoxy groups -OCH3 is 1. The van der Waals surface area contributed by atoms with Crippen molar-refractivity contribution in [1.29, 1.82) is 0 Å². The summed E-state index contributed by atoms with van der Waals surface area (Å²) in [7, 11) is 1.75. The van der Waals surface area contributed by atoms with Gasteiger partial charge in [-0.1, -0.05) is 78.9 Å². The van der Waals surface area contributed by atoms with E-state index in [0.29, 0.717) is 0 Å². The van der Waals surface area contributed by atoms with Crippen LogP contribution >= 0.6 is 15.9 Å². The van der Waals surface area contributed by atoms with Gasteiger partial charge in [0.1, 0.15) is 5.75 Å². The number of halogens is 1. The Morgan fingerprint density at radius 3 is 1.67 bits per heavy atom. The third kappa shape index (κ3) is 2.44. The number of rotatable bonds is 2. The van der Waals surface area contributed by atoms with Crippen molar-refractivity contribution in [2.24, 2.45) is 0 Å². The van der Waals surface area contributed by atoms with Crippen molar-refractivity contribution in [1.82, 2.24) is 0 Å². The minimum Gasteiger partial charge on any atom is -0.496 e. The maximum absolute atomic E-state index is 5.82. The SMILES string of the molecule is COc1ccc2ccccc2c1-c1c2ccccc2c(Br)c2ccccc12. The molecule has 1 nitrogen and oxygen atoms in total. The van der Waals surface area contributed by atoms with Crippen molar-refractivity contribution in [3.63, 3.8) is 0 Å².